The van der Waals surface area contributed by atoms with E-state index in [0.717, 1.165) is 0 Å². The molecule has 1 saturated heterocycles. The molecule has 1 unspecified atom stereocenters. The van der Waals surface area contributed by atoms with Crippen LogP contribution in [0.3, 0.4) is 0 Å². The zero-order valence-corrected chi connectivity index (χ0v) is 9.66. The van der Waals surface area contributed by atoms with Crippen LogP contribution in [0.4, 0.5) is 4.79 Å². The third-order valence-corrected chi connectivity index (χ3v) is 3.36. The van der Waals surface area contributed by atoms with Crippen LogP contribution in [-0.4, -0.2) is 41.7 Å². The van der Waals surface area contributed by atoms with Crippen LogP contribution in [0.2, 0.25) is 0 Å². The molecule has 1 aliphatic rings. The zero-order valence-electron chi connectivity index (χ0n) is 9.66. The molecule has 0 aromatic rings. The van der Waals surface area contributed by atoms with E-state index in [-0.39, 0.29) is 28.4 Å². The van der Waals surface area contributed by atoms with Gasteiger partial charge in [0, 0.05) is 0 Å². The summed E-state index contributed by atoms with van der Waals surface area (Å²) in [4.78, 5) is 22.2. The number of amides is 2. The molecule has 2 atom stereocenters. The number of quaternary nitrogens is 1. The molecule has 5 heteroatoms. The molecule has 0 saturated carbocycles. The Labute approximate surface area is 89.7 Å². The monoisotopic (exact) mass is 214 g/mol. The first-order valence-corrected chi connectivity index (χ1v) is 5.03. The molecule has 0 aliphatic carbocycles. The van der Waals surface area contributed by atoms with Gasteiger partial charge in [0.1, 0.15) is 12.6 Å². The van der Waals surface area contributed by atoms with Gasteiger partial charge in [0.2, 0.25) is 0 Å². The number of nitrogens with zero attached hydrogens (tertiary/aromatic N) is 1. The van der Waals surface area contributed by atoms with Crippen LogP contribution in [0, 0.1) is 0 Å². The van der Waals surface area contributed by atoms with Gasteiger partial charge in [-0.1, -0.05) is 0 Å². The van der Waals surface area contributed by atoms with E-state index in [1.807, 2.05) is 27.8 Å². The summed E-state index contributed by atoms with van der Waals surface area (Å²) in [5, 5.41) is 12.7. The normalized spacial score (nSPS) is 31.7. The number of nitrogens with one attached hydrogen (secondary N) is 1. The lowest BCUT2D eigenvalue weighted by atomic mass is 10.0. The van der Waals surface area contributed by atoms with E-state index in [1.165, 1.54) is 0 Å². The Morgan fingerprint density at radius 2 is 2.07 bits per heavy atom. The van der Waals surface area contributed by atoms with Gasteiger partial charge in [0.15, 0.2) is 0 Å². The summed E-state index contributed by atoms with van der Waals surface area (Å²) in [5.74, 6) is 0.0706. The van der Waals surface area contributed by atoms with E-state index in [2.05, 4.69) is 5.32 Å². The minimum absolute atomic E-state index is 0.0706. The van der Waals surface area contributed by atoms with Crippen LogP contribution in [-0.2, 0) is 4.79 Å². The Morgan fingerprint density at radius 1 is 1.53 bits per heavy atom. The van der Waals surface area contributed by atoms with Gasteiger partial charge in [-0.15, -0.1) is 0 Å². The van der Waals surface area contributed by atoms with E-state index in [9.17, 15) is 14.7 Å². The lowest BCUT2D eigenvalue weighted by Crippen LogP contribution is -2.59. The number of carbonyl (C=O) groups excluding carboxylic acids is 2. The average Bonchev–Trinajstić information content (AvgIpc) is 2.25. The average molecular weight is 214 g/mol. The summed E-state index contributed by atoms with van der Waals surface area (Å²) in [6, 6.07) is -0.313. The van der Waals surface area contributed by atoms with Gasteiger partial charge in [-0.25, -0.2) is 4.79 Å². The lowest BCUT2D eigenvalue weighted by Gasteiger charge is -2.40. The summed E-state index contributed by atoms with van der Waals surface area (Å²) in [5.41, 5.74) is -0.209. The van der Waals surface area contributed by atoms with Crippen molar-refractivity contribution in [2.24, 2.45) is 0 Å². The van der Waals surface area contributed by atoms with E-state index >= 15 is 0 Å². The maximum Gasteiger partial charge on any atom is 0.316 e. The SMILES string of the molecule is CC(C)(C)[N+]1(C)C[C@@H](NC(=O)[O-])CC1=O. The van der Waals surface area contributed by atoms with Crippen LogP contribution < -0.4 is 10.4 Å². The highest BCUT2D eigenvalue weighted by Gasteiger charge is 2.50. The number of hydrogen-bond donors (Lipinski definition) is 1. The number of carboxylic acid groups (broad SMARTS) is 1. The Balaban J connectivity index is 2.80. The summed E-state index contributed by atoms with van der Waals surface area (Å²) in [7, 11) is 1.85. The molecule has 0 aromatic carbocycles. The molecule has 2 amide bonds. The molecule has 5 nitrogen and oxygen atoms in total. The lowest BCUT2D eigenvalue weighted by molar-refractivity contribution is -0.875. The Hall–Kier alpha value is -1.10. The fourth-order valence-corrected chi connectivity index (χ4v) is 1.93. The number of hydrogen-bond acceptors (Lipinski definition) is 3. The van der Waals surface area contributed by atoms with Crippen molar-refractivity contribution in [1.29, 1.82) is 0 Å². The number of carbonyl (C=O) groups is 2. The van der Waals surface area contributed by atoms with Crippen LogP contribution in [0.1, 0.15) is 27.2 Å². The number of likely N-dealkylation sites (N-methyl/N-ethyl adjacent to an activating group) is 1. The summed E-state index contributed by atoms with van der Waals surface area (Å²) in [6.07, 6.45) is -1.06. The van der Waals surface area contributed by atoms with Gasteiger partial charge < -0.3 is 15.2 Å². The third kappa shape index (κ3) is 2.12. The van der Waals surface area contributed by atoms with E-state index < -0.39 is 6.09 Å². The highest BCUT2D eigenvalue weighted by molar-refractivity contribution is 5.73. The molecule has 1 aliphatic heterocycles. The van der Waals surface area contributed by atoms with Gasteiger partial charge in [0.05, 0.1) is 25.0 Å². The summed E-state index contributed by atoms with van der Waals surface area (Å²) in [6.45, 7) is 6.43. The first kappa shape index (κ1) is 12.0. The van der Waals surface area contributed by atoms with Gasteiger partial charge in [-0.05, 0) is 20.8 Å². The van der Waals surface area contributed by atoms with Gasteiger partial charge in [0.25, 0.3) is 0 Å². The topological polar surface area (TPSA) is 69.2 Å². The molecule has 0 bridgehead atoms. The van der Waals surface area contributed by atoms with Crippen molar-refractivity contribution in [2.45, 2.75) is 38.8 Å². The highest BCUT2D eigenvalue weighted by atomic mass is 16.4. The zero-order chi connectivity index (χ0) is 11.9. The quantitative estimate of drug-likeness (QED) is 0.596. The van der Waals surface area contributed by atoms with Crippen LogP contribution in [0.5, 0.6) is 0 Å². The molecule has 86 valence electrons. The molecule has 1 heterocycles. The third-order valence-electron chi connectivity index (χ3n) is 3.36. The molecule has 1 N–H and O–H groups in total. The summed E-state index contributed by atoms with van der Waals surface area (Å²) < 4.78 is 0.262. The predicted molar refractivity (Wildman–Crippen MR) is 52.7 cm³/mol. The van der Waals surface area contributed by atoms with Crippen LogP contribution in [0.25, 0.3) is 0 Å². The molecule has 0 aromatic heterocycles. The van der Waals surface area contributed by atoms with Crippen molar-refractivity contribution < 1.29 is 19.2 Å². The van der Waals surface area contributed by atoms with Crippen molar-refractivity contribution in [3.05, 3.63) is 0 Å². The maximum atomic E-state index is 11.9. The number of rotatable bonds is 1. The largest absolute Gasteiger partial charge is 0.530 e. The van der Waals surface area contributed by atoms with Gasteiger partial charge in [-0.2, -0.15) is 0 Å². The highest BCUT2D eigenvalue weighted by Crippen LogP contribution is 2.29. The fourth-order valence-electron chi connectivity index (χ4n) is 1.93. The molecular weight excluding hydrogens is 196 g/mol. The predicted octanol–water partition coefficient (Wildman–Crippen LogP) is -0.537. The minimum Gasteiger partial charge on any atom is -0.530 e. The Morgan fingerprint density at radius 3 is 2.40 bits per heavy atom. The Bertz CT molecular complexity index is 296. The van der Waals surface area contributed by atoms with Crippen molar-refractivity contribution in [3.63, 3.8) is 0 Å². The first-order chi connectivity index (χ1) is 6.67. The fraction of sp³-hybridized carbons (Fsp3) is 0.800. The van der Waals surface area contributed by atoms with E-state index in [0.29, 0.717) is 6.54 Å². The second kappa shape index (κ2) is 3.48. The Kier molecular flexibility index (Phi) is 2.78. The molecule has 1 fully saturated rings. The molecular formula is C10H18N2O3. The summed E-state index contributed by atoms with van der Waals surface area (Å²) >= 11 is 0. The molecule has 1 rings (SSSR count). The van der Waals surface area contributed by atoms with E-state index in [1.54, 1.807) is 0 Å². The van der Waals surface area contributed by atoms with Crippen LogP contribution >= 0.6 is 0 Å². The van der Waals surface area contributed by atoms with Gasteiger partial charge >= 0.3 is 5.91 Å². The maximum absolute atomic E-state index is 11.9. The minimum atomic E-state index is -1.31. The molecule has 0 spiro atoms. The van der Waals surface area contributed by atoms with Crippen molar-refractivity contribution in [2.75, 3.05) is 13.6 Å². The van der Waals surface area contributed by atoms with Crippen LogP contribution in [0.15, 0.2) is 0 Å². The van der Waals surface area contributed by atoms with Crippen molar-refractivity contribution in [1.82, 2.24) is 5.32 Å². The second-order valence-corrected chi connectivity index (χ2v) is 5.27. The van der Waals surface area contributed by atoms with E-state index in [4.69, 9.17) is 0 Å². The van der Waals surface area contributed by atoms with Gasteiger partial charge in [-0.3, -0.25) is 4.48 Å². The first-order valence-electron chi connectivity index (χ1n) is 5.03. The smallest absolute Gasteiger partial charge is 0.316 e. The standard InChI is InChI=1S/C10H18N2O3/c1-10(2,3)12(4)6-7(5-8(12)13)11-9(14)15/h7,11H,5-6H2,1-4H3/t7-,12?/m0/s1. The molecule has 15 heavy (non-hydrogen) atoms. The van der Waals surface area contributed by atoms with Crippen molar-refractivity contribution >= 4 is 12.0 Å². The number of likely N-dealkylation sites (tertiary alicyclic amines) is 1. The molecule has 0 radical (unpaired) electrons. The second-order valence-electron chi connectivity index (χ2n) is 5.27. The van der Waals surface area contributed by atoms with Crippen molar-refractivity contribution in [3.8, 4) is 0 Å².